The van der Waals surface area contributed by atoms with Crippen molar-refractivity contribution in [1.82, 2.24) is 5.32 Å². The molecule has 0 aliphatic rings. The van der Waals surface area contributed by atoms with Gasteiger partial charge in [-0.25, -0.2) is 0 Å². The summed E-state index contributed by atoms with van der Waals surface area (Å²) in [5.74, 6) is 0.702. The summed E-state index contributed by atoms with van der Waals surface area (Å²) in [5.41, 5.74) is 4.01. The molecule has 1 N–H and O–H groups in total. The fraction of sp³-hybridized carbons (Fsp3) is 0.625. The van der Waals surface area contributed by atoms with Crippen molar-refractivity contribution in [3.05, 3.63) is 33.3 Å². The van der Waals surface area contributed by atoms with E-state index in [-0.39, 0.29) is 0 Å². The maximum atomic E-state index is 5.67. The van der Waals surface area contributed by atoms with Crippen LogP contribution in [0.2, 0.25) is 0 Å². The minimum absolute atomic E-state index is 0.702. The lowest BCUT2D eigenvalue weighted by atomic mass is 10.0. The Kier molecular flexibility index (Phi) is 7.66. The zero-order valence-corrected chi connectivity index (χ0v) is 14.1. The number of hydrogen-bond donors (Lipinski definition) is 1. The minimum Gasteiger partial charge on any atom is -0.380 e. The van der Waals surface area contributed by atoms with Crippen molar-refractivity contribution in [2.75, 3.05) is 26.3 Å². The molecule has 0 unspecified atom stereocenters. The van der Waals surface area contributed by atoms with E-state index in [1.807, 2.05) is 0 Å². The van der Waals surface area contributed by atoms with Gasteiger partial charge in [-0.3, -0.25) is 0 Å². The largest absolute Gasteiger partial charge is 0.380 e. The van der Waals surface area contributed by atoms with Crippen molar-refractivity contribution >= 4 is 15.9 Å². The Bertz CT molecular complexity index is 391. The van der Waals surface area contributed by atoms with E-state index in [9.17, 15) is 0 Å². The maximum Gasteiger partial charge on any atom is 0.0591 e. The highest BCUT2D eigenvalue weighted by atomic mass is 79.9. The quantitative estimate of drug-likeness (QED) is 0.732. The molecular weight excluding hydrogens is 302 g/mol. The average Bonchev–Trinajstić information content (AvgIpc) is 2.33. The maximum absolute atomic E-state index is 5.67. The van der Waals surface area contributed by atoms with Gasteiger partial charge < -0.3 is 10.1 Å². The third-order valence-electron chi connectivity index (χ3n) is 3.11. The van der Waals surface area contributed by atoms with E-state index in [4.69, 9.17) is 4.74 Å². The van der Waals surface area contributed by atoms with Gasteiger partial charge in [-0.1, -0.05) is 35.8 Å². The minimum atomic E-state index is 0.702. The van der Waals surface area contributed by atoms with Gasteiger partial charge in [-0.15, -0.1) is 0 Å². The molecule has 0 saturated carbocycles. The first-order chi connectivity index (χ1) is 9.00. The highest BCUT2D eigenvalue weighted by molar-refractivity contribution is 9.10. The molecule has 0 radical (unpaired) electrons. The summed E-state index contributed by atoms with van der Waals surface area (Å²) in [6, 6.07) is 4.44. The van der Waals surface area contributed by atoms with Crippen LogP contribution >= 0.6 is 15.9 Å². The molecule has 0 amide bonds. The fourth-order valence-corrected chi connectivity index (χ4v) is 2.39. The van der Waals surface area contributed by atoms with Crippen LogP contribution in [0.5, 0.6) is 0 Å². The van der Waals surface area contributed by atoms with Gasteiger partial charge in [0, 0.05) is 11.0 Å². The molecule has 0 spiro atoms. The van der Waals surface area contributed by atoms with Crippen molar-refractivity contribution < 1.29 is 4.74 Å². The van der Waals surface area contributed by atoms with Crippen LogP contribution in [0, 0.1) is 19.8 Å². The Labute approximate surface area is 126 Å². The topological polar surface area (TPSA) is 21.3 Å². The summed E-state index contributed by atoms with van der Waals surface area (Å²) in [5, 5.41) is 3.38. The molecule has 0 heterocycles. The van der Waals surface area contributed by atoms with Crippen LogP contribution in [-0.2, 0) is 11.2 Å². The first-order valence-electron chi connectivity index (χ1n) is 7.04. The van der Waals surface area contributed by atoms with E-state index >= 15 is 0 Å². The van der Waals surface area contributed by atoms with Crippen LogP contribution in [-0.4, -0.2) is 26.3 Å². The zero-order valence-electron chi connectivity index (χ0n) is 12.6. The molecule has 19 heavy (non-hydrogen) atoms. The van der Waals surface area contributed by atoms with Crippen molar-refractivity contribution in [3.8, 4) is 0 Å². The predicted octanol–water partition coefficient (Wildman–Crippen LogP) is 3.87. The number of halogens is 1. The molecule has 0 aromatic heterocycles. The van der Waals surface area contributed by atoms with Crippen LogP contribution in [0.4, 0.5) is 0 Å². The van der Waals surface area contributed by atoms with E-state index in [1.165, 1.54) is 21.2 Å². The molecule has 0 bridgehead atoms. The van der Waals surface area contributed by atoms with Crippen LogP contribution in [0.3, 0.4) is 0 Å². The number of benzene rings is 1. The molecule has 2 nitrogen and oxygen atoms in total. The lowest BCUT2D eigenvalue weighted by molar-refractivity contribution is 0.138. The van der Waals surface area contributed by atoms with Crippen LogP contribution in [0.1, 0.15) is 30.5 Å². The summed E-state index contributed by atoms with van der Waals surface area (Å²) in [4.78, 5) is 0. The summed E-state index contributed by atoms with van der Waals surface area (Å²) in [6.07, 6.45) is 0.990. The van der Waals surface area contributed by atoms with Gasteiger partial charge in [0.15, 0.2) is 0 Å². The van der Waals surface area contributed by atoms with Crippen LogP contribution in [0.15, 0.2) is 16.6 Å². The molecule has 0 fully saturated rings. The second-order valence-electron chi connectivity index (χ2n) is 5.49. The molecule has 0 aliphatic heterocycles. The van der Waals surface area contributed by atoms with Gasteiger partial charge in [0.05, 0.1) is 13.2 Å². The normalized spacial score (nSPS) is 11.3. The first kappa shape index (κ1) is 16.7. The molecular formula is C16H26BrNO. The van der Waals surface area contributed by atoms with Gasteiger partial charge in [0.2, 0.25) is 0 Å². The van der Waals surface area contributed by atoms with Crippen molar-refractivity contribution in [2.45, 2.75) is 34.1 Å². The van der Waals surface area contributed by atoms with Gasteiger partial charge in [-0.2, -0.15) is 0 Å². The first-order valence-corrected chi connectivity index (χ1v) is 7.84. The SMILES string of the molecule is Cc1cc(CCOCCNCC(C)C)c(C)cc1Br. The van der Waals surface area contributed by atoms with E-state index < -0.39 is 0 Å². The fourth-order valence-electron chi connectivity index (χ4n) is 1.93. The molecule has 1 aromatic rings. The Hall–Kier alpha value is -0.380. The Morgan fingerprint density at radius 2 is 1.89 bits per heavy atom. The number of aryl methyl sites for hydroxylation is 2. The van der Waals surface area contributed by atoms with Crippen molar-refractivity contribution in [2.24, 2.45) is 5.92 Å². The van der Waals surface area contributed by atoms with Crippen LogP contribution in [0.25, 0.3) is 0 Å². The molecule has 1 aromatic carbocycles. The van der Waals surface area contributed by atoms with Gasteiger partial charge in [0.25, 0.3) is 0 Å². The standard InChI is InChI=1S/C16H26BrNO/c1-12(2)11-18-6-8-19-7-5-15-9-14(4)16(17)10-13(15)3/h9-10,12,18H,5-8,11H2,1-4H3. The molecule has 0 saturated heterocycles. The molecule has 0 atom stereocenters. The summed E-state index contributed by atoms with van der Waals surface area (Å²) in [7, 11) is 0. The third-order valence-corrected chi connectivity index (χ3v) is 3.96. The second kappa shape index (κ2) is 8.72. The molecule has 1 rings (SSSR count). The lowest BCUT2D eigenvalue weighted by Crippen LogP contribution is -2.24. The van der Waals surface area contributed by atoms with Crippen molar-refractivity contribution in [1.29, 1.82) is 0 Å². The van der Waals surface area contributed by atoms with Crippen LogP contribution < -0.4 is 5.32 Å². The number of hydrogen-bond acceptors (Lipinski definition) is 2. The highest BCUT2D eigenvalue weighted by Gasteiger charge is 2.02. The smallest absolute Gasteiger partial charge is 0.0591 e. The van der Waals surface area contributed by atoms with E-state index in [2.05, 4.69) is 61.1 Å². The third kappa shape index (κ3) is 6.55. The lowest BCUT2D eigenvalue weighted by Gasteiger charge is -2.10. The van der Waals surface area contributed by atoms with E-state index in [0.29, 0.717) is 5.92 Å². The summed E-state index contributed by atoms with van der Waals surface area (Å²) >= 11 is 3.56. The van der Waals surface area contributed by atoms with E-state index in [1.54, 1.807) is 0 Å². The number of nitrogens with one attached hydrogen (secondary N) is 1. The highest BCUT2D eigenvalue weighted by Crippen LogP contribution is 2.21. The molecule has 3 heteroatoms. The molecule has 0 aliphatic carbocycles. The Morgan fingerprint density at radius 3 is 2.58 bits per heavy atom. The summed E-state index contributed by atoms with van der Waals surface area (Å²) < 4.78 is 6.86. The van der Waals surface area contributed by atoms with Gasteiger partial charge in [-0.05, 0) is 55.5 Å². The predicted molar refractivity (Wildman–Crippen MR) is 85.8 cm³/mol. The monoisotopic (exact) mass is 327 g/mol. The van der Waals surface area contributed by atoms with Gasteiger partial charge >= 0.3 is 0 Å². The zero-order chi connectivity index (χ0) is 14.3. The Morgan fingerprint density at radius 1 is 1.16 bits per heavy atom. The Balaban J connectivity index is 2.21. The van der Waals surface area contributed by atoms with Gasteiger partial charge in [0.1, 0.15) is 0 Å². The molecule has 108 valence electrons. The number of ether oxygens (including phenoxy) is 1. The second-order valence-corrected chi connectivity index (χ2v) is 6.34. The van der Waals surface area contributed by atoms with Crippen molar-refractivity contribution in [3.63, 3.8) is 0 Å². The number of rotatable bonds is 8. The average molecular weight is 328 g/mol. The summed E-state index contributed by atoms with van der Waals surface area (Å²) in [6.45, 7) is 12.3. The van der Waals surface area contributed by atoms with E-state index in [0.717, 1.165) is 32.7 Å².